The van der Waals surface area contributed by atoms with Crippen LogP contribution in [-0.2, 0) is 6.42 Å². The third-order valence-electron chi connectivity index (χ3n) is 3.28. The summed E-state index contributed by atoms with van der Waals surface area (Å²) in [5.74, 6) is 2.57. The Bertz CT molecular complexity index is 701. The first-order valence-electron chi connectivity index (χ1n) is 6.44. The van der Waals surface area contributed by atoms with Gasteiger partial charge in [0, 0.05) is 12.0 Å². The van der Waals surface area contributed by atoms with E-state index in [2.05, 4.69) is 9.97 Å². The Hall–Kier alpha value is -2.49. The number of benzene rings is 2. The lowest BCUT2D eigenvalue weighted by Crippen LogP contribution is -1.96. The number of aromatic amines is 1. The summed E-state index contributed by atoms with van der Waals surface area (Å²) in [6, 6.07) is 13.8. The number of aromatic nitrogens is 2. The maximum Gasteiger partial charge on any atom is 0.122 e. The van der Waals surface area contributed by atoms with Crippen molar-refractivity contribution in [2.45, 2.75) is 6.42 Å². The number of ether oxygens (including phenoxy) is 2. The van der Waals surface area contributed by atoms with Gasteiger partial charge in [0.2, 0.25) is 0 Å². The predicted octanol–water partition coefficient (Wildman–Crippen LogP) is 3.17. The SMILES string of the molecule is COc1ccc(OC)c(Cc2nc3ccccc3[nH]2)c1. The van der Waals surface area contributed by atoms with Crippen molar-refractivity contribution in [1.29, 1.82) is 0 Å². The van der Waals surface area contributed by atoms with E-state index in [1.165, 1.54) is 0 Å². The highest BCUT2D eigenvalue weighted by molar-refractivity contribution is 5.74. The zero-order chi connectivity index (χ0) is 13.9. The highest BCUT2D eigenvalue weighted by Gasteiger charge is 2.09. The third-order valence-corrected chi connectivity index (χ3v) is 3.28. The van der Waals surface area contributed by atoms with Crippen molar-refractivity contribution in [3.05, 3.63) is 53.9 Å². The molecule has 0 aliphatic carbocycles. The van der Waals surface area contributed by atoms with E-state index in [4.69, 9.17) is 9.47 Å². The molecule has 0 aliphatic heterocycles. The molecule has 1 heterocycles. The van der Waals surface area contributed by atoms with E-state index in [0.717, 1.165) is 33.9 Å². The summed E-state index contributed by atoms with van der Waals surface area (Å²) in [5, 5.41) is 0. The van der Waals surface area contributed by atoms with Gasteiger partial charge in [-0.1, -0.05) is 12.1 Å². The minimum absolute atomic E-state index is 0.676. The first kappa shape index (κ1) is 12.5. The number of fused-ring (bicyclic) bond motifs is 1. The summed E-state index contributed by atoms with van der Waals surface area (Å²) >= 11 is 0. The first-order valence-corrected chi connectivity index (χ1v) is 6.44. The second kappa shape index (κ2) is 5.25. The normalized spacial score (nSPS) is 10.7. The lowest BCUT2D eigenvalue weighted by Gasteiger charge is -2.09. The van der Waals surface area contributed by atoms with Crippen LogP contribution in [0.4, 0.5) is 0 Å². The van der Waals surface area contributed by atoms with Crippen LogP contribution >= 0.6 is 0 Å². The Morgan fingerprint density at radius 3 is 2.65 bits per heavy atom. The van der Waals surface area contributed by atoms with Gasteiger partial charge in [-0.2, -0.15) is 0 Å². The van der Waals surface area contributed by atoms with Crippen LogP contribution in [0.2, 0.25) is 0 Å². The fourth-order valence-corrected chi connectivity index (χ4v) is 2.29. The molecule has 1 N–H and O–H groups in total. The van der Waals surface area contributed by atoms with Gasteiger partial charge in [0.05, 0.1) is 25.3 Å². The highest BCUT2D eigenvalue weighted by atomic mass is 16.5. The van der Waals surface area contributed by atoms with Crippen molar-refractivity contribution in [1.82, 2.24) is 9.97 Å². The van der Waals surface area contributed by atoms with Crippen LogP contribution in [0.25, 0.3) is 11.0 Å². The second-order valence-electron chi connectivity index (χ2n) is 4.56. The van der Waals surface area contributed by atoms with Crippen LogP contribution in [0, 0.1) is 0 Å². The molecule has 2 aromatic carbocycles. The van der Waals surface area contributed by atoms with Gasteiger partial charge in [-0.15, -0.1) is 0 Å². The molecule has 3 rings (SSSR count). The smallest absolute Gasteiger partial charge is 0.122 e. The third kappa shape index (κ3) is 2.32. The molecular weight excluding hydrogens is 252 g/mol. The maximum absolute atomic E-state index is 5.39. The topological polar surface area (TPSA) is 47.1 Å². The minimum atomic E-state index is 0.676. The number of imidazole rings is 1. The molecule has 0 unspecified atom stereocenters. The fraction of sp³-hybridized carbons (Fsp3) is 0.188. The molecule has 0 radical (unpaired) electrons. The Labute approximate surface area is 117 Å². The molecule has 0 amide bonds. The van der Waals surface area contributed by atoms with Crippen LogP contribution in [0.3, 0.4) is 0 Å². The summed E-state index contributed by atoms with van der Waals surface area (Å²) in [7, 11) is 3.33. The molecule has 0 bridgehead atoms. The van der Waals surface area contributed by atoms with Crippen molar-refractivity contribution in [2.75, 3.05) is 14.2 Å². The van der Waals surface area contributed by atoms with Crippen molar-refractivity contribution in [3.63, 3.8) is 0 Å². The number of para-hydroxylation sites is 2. The van der Waals surface area contributed by atoms with E-state index in [-0.39, 0.29) is 0 Å². The van der Waals surface area contributed by atoms with Crippen molar-refractivity contribution < 1.29 is 9.47 Å². The average molecular weight is 268 g/mol. The number of methoxy groups -OCH3 is 2. The number of H-pyrrole nitrogens is 1. The number of hydrogen-bond donors (Lipinski definition) is 1. The van der Waals surface area contributed by atoms with Crippen molar-refractivity contribution >= 4 is 11.0 Å². The summed E-state index contributed by atoms with van der Waals surface area (Å²) in [5.41, 5.74) is 3.07. The largest absolute Gasteiger partial charge is 0.497 e. The van der Waals surface area contributed by atoms with E-state index in [0.29, 0.717) is 6.42 Å². The van der Waals surface area contributed by atoms with E-state index < -0.39 is 0 Å². The predicted molar refractivity (Wildman–Crippen MR) is 78.4 cm³/mol. The van der Waals surface area contributed by atoms with Crippen molar-refractivity contribution in [2.24, 2.45) is 0 Å². The van der Waals surface area contributed by atoms with Gasteiger partial charge in [0.25, 0.3) is 0 Å². The van der Waals surface area contributed by atoms with Gasteiger partial charge in [-0.3, -0.25) is 0 Å². The molecular formula is C16H16N2O2. The van der Waals surface area contributed by atoms with Crippen LogP contribution in [0.1, 0.15) is 11.4 Å². The average Bonchev–Trinajstić information content (AvgIpc) is 2.89. The molecule has 4 heteroatoms. The van der Waals surface area contributed by atoms with Gasteiger partial charge in [-0.25, -0.2) is 4.98 Å². The monoisotopic (exact) mass is 268 g/mol. The van der Waals surface area contributed by atoms with E-state index in [1.54, 1.807) is 14.2 Å². The lowest BCUT2D eigenvalue weighted by molar-refractivity contribution is 0.399. The molecule has 0 atom stereocenters. The lowest BCUT2D eigenvalue weighted by atomic mass is 10.1. The Kier molecular flexibility index (Phi) is 3.29. The number of hydrogen-bond acceptors (Lipinski definition) is 3. The molecule has 0 fully saturated rings. The summed E-state index contributed by atoms with van der Waals surface area (Å²) in [6.07, 6.45) is 0.676. The number of nitrogens with zero attached hydrogens (tertiary/aromatic N) is 1. The zero-order valence-corrected chi connectivity index (χ0v) is 11.5. The van der Waals surface area contributed by atoms with Gasteiger partial charge in [0.15, 0.2) is 0 Å². The maximum atomic E-state index is 5.39. The van der Waals surface area contributed by atoms with Crippen LogP contribution in [0.15, 0.2) is 42.5 Å². The highest BCUT2D eigenvalue weighted by Crippen LogP contribution is 2.26. The standard InChI is InChI=1S/C16H16N2O2/c1-19-12-7-8-15(20-2)11(9-12)10-16-17-13-5-3-4-6-14(13)18-16/h3-9H,10H2,1-2H3,(H,17,18). The van der Waals surface area contributed by atoms with Gasteiger partial charge >= 0.3 is 0 Å². The number of rotatable bonds is 4. The van der Waals surface area contributed by atoms with E-state index >= 15 is 0 Å². The molecule has 102 valence electrons. The van der Waals surface area contributed by atoms with E-state index in [1.807, 2.05) is 42.5 Å². The molecule has 0 spiro atoms. The molecule has 0 saturated carbocycles. The molecule has 1 aromatic heterocycles. The van der Waals surface area contributed by atoms with Crippen LogP contribution < -0.4 is 9.47 Å². The molecule has 3 aromatic rings. The quantitative estimate of drug-likeness (QED) is 0.790. The van der Waals surface area contributed by atoms with Crippen LogP contribution in [-0.4, -0.2) is 24.2 Å². The molecule has 20 heavy (non-hydrogen) atoms. The minimum Gasteiger partial charge on any atom is -0.497 e. The Balaban J connectivity index is 1.97. The van der Waals surface area contributed by atoms with Gasteiger partial charge in [-0.05, 0) is 30.3 Å². The van der Waals surface area contributed by atoms with Gasteiger partial charge in [0.1, 0.15) is 17.3 Å². The molecule has 0 aliphatic rings. The number of nitrogens with one attached hydrogen (secondary N) is 1. The molecule has 4 nitrogen and oxygen atoms in total. The summed E-state index contributed by atoms with van der Waals surface area (Å²) in [6.45, 7) is 0. The fourth-order valence-electron chi connectivity index (χ4n) is 2.29. The van der Waals surface area contributed by atoms with Crippen LogP contribution in [0.5, 0.6) is 11.5 Å². The summed E-state index contributed by atoms with van der Waals surface area (Å²) < 4.78 is 10.7. The second-order valence-corrected chi connectivity index (χ2v) is 4.56. The Morgan fingerprint density at radius 2 is 1.90 bits per heavy atom. The van der Waals surface area contributed by atoms with E-state index in [9.17, 15) is 0 Å². The Morgan fingerprint density at radius 1 is 1.05 bits per heavy atom. The molecule has 0 saturated heterocycles. The van der Waals surface area contributed by atoms with Gasteiger partial charge < -0.3 is 14.5 Å². The first-order chi connectivity index (χ1) is 9.80. The summed E-state index contributed by atoms with van der Waals surface area (Å²) in [4.78, 5) is 7.91. The zero-order valence-electron chi connectivity index (χ0n) is 11.5. The van der Waals surface area contributed by atoms with Crippen molar-refractivity contribution in [3.8, 4) is 11.5 Å².